The Morgan fingerprint density at radius 2 is 1.81 bits per heavy atom. The van der Waals surface area contributed by atoms with E-state index in [-0.39, 0.29) is 11.9 Å². The molecule has 7 nitrogen and oxygen atoms in total. The Bertz CT molecular complexity index is 975. The summed E-state index contributed by atoms with van der Waals surface area (Å²) in [5.41, 5.74) is 3.84. The molecule has 0 spiro atoms. The van der Waals surface area contributed by atoms with E-state index in [9.17, 15) is 9.59 Å². The average molecular weight is 429 g/mol. The van der Waals surface area contributed by atoms with E-state index in [1.54, 1.807) is 45.2 Å². The summed E-state index contributed by atoms with van der Waals surface area (Å²) in [6, 6.07) is 5.49. The van der Waals surface area contributed by atoms with Crippen LogP contribution in [0, 0.1) is 13.8 Å². The van der Waals surface area contributed by atoms with E-state index in [2.05, 4.69) is 0 Å². The fourth-order valence-electron chi connectivity index (χ4n) is 3.64. The van der Waals surface area contributed by atoms with Gasteiger partial charge in [0, 0.05) is 54.8 Å². The van der Waals surface area contributed by atoms with Crippen molar-refractivity contribution < 1.29 is 23.8 Å². The first kappa shape index (κ1) is 24.1. The molecule has 0 N–H and O–H groups in total. The molecule has 2 aromatic rings. The van der Waals surface area contributed by atoms with Crippen molar-refractivity contribution in [1.29, 1.82) is 0 Å². The molecule has 0 aliphatic rings. The van der Waals surface area contributed by atoms with Crippen LogP contribution in [0.2, 0.25) is 0 Å². The van der Waals surface area contributed by atoms with Crippen molar-refractivity contribution in [2.45, 2.75) is 40.8 Å². The molecule has 1 amide bonds. The molecule has 0 bridgehead atoms. The lowest BCUT2D eigenvalue weighted by molar-refractivity contribution is -0.125. The number of carbonyl (C=O) groups is 2. The molecule has 0 radical (unpaired) electrons. The van der Waals surface area contributed by atoms with Crippen LogP contribution in [0.5, 0.6) is 11.5 Å². The molecular weight excluding hydrogens is 396 g/mol. The topological polar surface area (TPSA) is 70.0 Å². The summed E-state index contributed by atoms with van der Waals surface area (Å²) in [4.78, 5) is 26.9. The van der Waals surface area contributed by atoms with Gasteiger partial charge in [0.25, 0.3) is 0 Å². The van der Waals surface area contributed by atoms with Crippen LogP contribution in [0.1, 0.15) is 46.7 Å². The molecule has 0 saturated carbocycles. The Labute approximate surface area is 184 Å². The Kier molecular flexibility index (Phi) is 8.30. The largest absolute Gasteiger partial charge is 0.497 e. The van der Waals surface area contributed by atoms with Crippen LogP contribution in [0.3, 0.4) is 0 Å². The number of esters is 1. The monoisotopic (exact) mass is 428 g/mol. The van der Waals surface area contributed by atoms with Gasteiger partial charge in [-0.15, -0.1) is 0 Å². The summed E-state index contributed by atoms with van der Waals surface area (Å²) >= 11 is 0. The highest BCUT2D eigenvalue weighted by Crippen LogP contribution is 2.27. The third-order valence-corrected chi connectivity index (χ3v) is 5.30. The van der Waals surface area contributed by atoms with Crippen molar-refractivity contribution in [2.75, 3.05) is 27.9 Å². The van der Waals surface area contributed by atoms with Crippen LogP contribution in [0.4, 0.5) is 0 Å². The second-order valence-electron chi connectivity index (χ2n) is 7.13. The van der Waals surface area contributed by atoms with E-state index >= 15 is 0 Å². The number of carbonyl (C=O) groups excluding carboxylic acids is 2. The van der Waals surface area contributed by atoms with Crippen molar-refractivity contribution >= 4 is 18.0 Å². The highest BCUT2D eigenvalue weighted by atomic mass is 16.5. The second kappa shape index (κ2) is 10.7. The number of hydrogen-bond acceptors (Lipinski definition) is 5. The summed E-state index contributed by atoms with van der Waals surface area (Å²) in [6.45, 7) is 9.02. The molecule has 0 atom stereocenters. The number of nitrogens with zero attached hydrogens (tertiary/aromatic N) is 2. The Morgan fingerprint density at radius 3 is 2.39 bits per heavy atom. The molecule has 0 unspecified atom stereocenters. The number of amides is 1. The molecule has 2 rings (SSSR count). The maximum atomic E-state index is 12.8. The molecule has 7 heteroatoms. The first-order valence-electron chi connectivity index (χ1n) is 10.3. The molecule has 1 heterocycles. The lowest BCUT2D eigenvalue weighted by Crippen LogP contribution is -2.24. The summed E-state index contributed by atoms with van der Waals surface area (Å²) in [5, 5.41) is 0. The van der Waals surface area contributed by atoms with Crippen molar-refractivity contribution in [3.05, 3.63) is 52.4 Å². The fourth-order valence-corrected chi connectivity index (χ4v) is 3.64. The zero-order chi connectivity index (χ0) is 23.1. The van der Waals surface area contributed by atoms with Crippen LogP contribution in [-0.2, 0) is 22.6 Å². The summed E-state index contributed by atoms with van der Waals surface area (Å²) in [5.74, 6) is 0.777. The minimum atomic E-state index is -0.376. The van der Waals surface area contributed by atoms with E-state index in [1.165, 1.54) is 6.08 Å². The summed E-state index contributed by atoms with van der Waals surface area (Å²) in [7, 11) is 4.90. The van der Waals surface area contributed by atoms with Gasteiger partial charge in [-0.1, -0.05) is 0 Å². The van der Waals surface area contributed by atoms with E-state index in [0.717, 1.165) is 23.5 Å². The fraction of sp³-hybridized carbons (Fsp3) is 0.417. The smallest absolute Gasteiger partial charge is 0.340 e. The van der Waals surface area contributed by atoms with E-state index in [4.69, 9.17) is 14.2 Å². The van der Waals surface area contributed by atoms with Crippen LogP contribution < -0.4 is 9.47 Å². The Hall–Kier alpha value is -3.22. The molecule has 168 valence electrons. The molecule has 0 saturated heterocycles. The molecular formula is C24H32N2O5. The Balaban J connectivity index is 2.27. The van der Waals surface area contributed by atoms with Gasteiger partial charge < -0.3 is 23.7 Å². The van der Waals surface area contributed by atoms with E-state index in [0.29, 0.717) is 35.8 Å². The standard InChI is InChI=1S/C24H32N2O5/c1-8-26-16(3)20(23(17(26)4)24(28)31-9-2)12-13-22(27)25(5)15-18-10-11-19(29-6)14-21(18)30-7/h10-14H,8-9,15H2,1-7H3. The first-order valence-corrected chi connectivity index (χ1v) is 10.3. The first-order chi connectivity index (χ1) is 14.8. The van der Waals surface area contributed by atoms with E-state index < -0.39 is 0 Å². The third kappa shape index (κ3) is 5.29. The second-order valence-corrected chi connectivity index (χ2v) is 7.13. The van der Waals surface area contributed by atoms with Crippen molar-refractivity contribution in [1.82, 2.24) is 9.47 Å². The molecule has 0 aliphatic carbocycles. The predicted octanol–water partition coefficient (Wildman–Crippen LogP) is 3.99. The van der Waals surface area contributed by atoms with Crippen LogP contribution >= 0.6 is 0 Å². The molecule has 0 fully saturated rings. The number of aromatic nitrogens is 1. The molecule has 1 aromatic heterocycles. The van der Waals surface area contributed by atoms with Gasteiger partial charge in [0.1, 0.15) is 11.5 Å². The van der Waals surface area contributed by atoms with Gasteiger partial charge in [-0.3, -0.25) is 4.79 Å². The average Bonchev–Trinajstić information content (AvgIpc) is 3.00. The van der Waals surface area contributed by atoms with Gasteiger partial charge in [0.2, 0.25) is 5.91 Å². The maximum Gasteiger partial charge on any atom is 0.340 e. The highest BCUT2D eigenvalue weighted by molar-refractivity contribution is 5.98. The lowest BCUT2D eigenvalue weighted by Gasteiger charge is -2.18. The normalized spacial score (nSPS) is 10.9. The highest BCUT2D eigenvalue weighted by Gasteiger charge is 2.22. The summed E-state index contributed by atoms with van der Waals surface area (Å²) in [6.07, 6.45) is 3.19. The van der Waals surface area contributed by atoms with Gasteiger partial charge >= 0.3 is 5.97 Å². The maximum absolute atomic E-state index is 12.8. The zero-order valence-electron chi connectivity index (χ0n) is 19.4. The molecule has 1 aromatic carbocycles. The van der Waals surface area contributed by atoms with Crippen molar-refractivity contribution in [2.24, 2.45) is 0 Å². The van der Waals surface area contributed by atoms with Gasteiger partial charge in [-0.2, -0.15) is 0 Å². The molecule has 31 heavy (non-hydrogen) atoms. The van der Waals surface area contributed by atoms with Gasteiger partial charge in [0.05, 0.1) is 26.4 Å². The summed E-state index contributed by atoms with van der Waals surface area (Å²) < 4.78 is 17.9. The van der Waals surface area contributed by atoms with Crippen molar-refractivity contribution in [3.63, 3.8) is 0 Å². The van der Waals surface area contributed by atoms with Crippen molar-refractivity contribution in [3.8, 4) is 11.5 Å². The van der Waals surface area contributed by atoms with Gasteiger partial charge in [-0.25, -0.2) is 4.79 Å². The minimum absolute atomic E-state index is 0.186. The van der Waals surface area contributed by atoms with E-state index in [1.807, 2.05) is 37.5 Å². The number of hydrogen-bond donors (Lipinski definition) is 0. The SMILES string of the molecule is CCOC(=O)c1c(C=CC(=O)N(C)Cc2ccc(OC)cc2OC)c(C)n(CC)c1C. The van der Waals surface area contributed by atoms with Crippen LogP contribution in [0.25, 0.3) is 6.08 Å². The zero-order valence-corrected chi connectivity index (χ0v) is 19.4. The van der Waals surface area contributed by atoms with Gasteiger partial charge in [-0.05, 0) is 45.9 Å². The van der Waals surface area contributed by atoms with Crippen LogP contribution in [0.15, 0.2) is 24.3 Å². The number of likely N-dealkylation sites (N-methyl/N-ethyl adjacent to an activating group) is 1. The predicted molar refractivity (Wildman–Crippen MR) is 121 cm³/mol. The number of methoxy groups -OCH3 is 2. The Morgan fingerprint density at radius 1 is 1.10 bits per heavy atom. The molecule has 0 aliphatic heterocycles. The van der Waals surface area contributed by atoms with Crippen LogP contribution in [-0.4, -0.2) is 49.2 Å². The number of benzene rings is 1. The quantitative estimate of drug-likeness (QED) is 0.446. The lowest BCUT2D eigenvalue weighted by atomic mass is 10.1. The third-order valence-electron chi connectivity index (χ3n) is 5.30. The van der Waals surface area contributed by atoms with Gasteiger partial charge in [0.15, 0.2) is 0 Å². The number of ether oxygens (including phenoxy) is 3. The number of rotatable bonds is 9. The minimum Gasteiger partial charge on any atom is -0.497 e.